The van der Waals surface area contributed by atoms with Crippen LogP contribution in [0.4, 0.5) is 24.5 Å². The molecule has 132 valence electrons. The molecule has 0 amide bonds. The molecular formula is C18H17F3N2O2. The molecule has 0 fully saturated rings. The summed E-state index contributed by atoms with van der Waals surface area (Å²) in [5.74, 6) is 0. The molecule has 0 aromatic heterocycles. The van der Waals surface area contributed by atoms with Gasteiger partial charge in [0.2, 0.25) is 0 Å². The number of alkyl halides is 3. The maximum atomic E-state index is 12.6. The number of anilines is 1. The normalized spacial score (nSPS) is 13.9. The average Bonchev–Trinajstić information content (AvgIpc) is 2.89. The van der Waals surface area contributed by atoms with Gasteiger partial charge in [0.25, 0.3) is 5.69 Å². The van der Waals surface area contributed by atoms with Crippen LogP contribution < -0.4 is 4.90 Å². The van der Waals surface area contributed by atoms with Gasteiger partial charge in [-0.2, -0.15) is 13.2 Å². The first-order valence-electron chi connectivity index (χ1n) is 7.87. The predicted octanol–water partition coefficient (Wildman–Crippen LogP) is 4.79. The van der Waals surface area contributed by atoms with Crippen LogP contribution in [0.5, 0.6) is 0 Å². The first-order valence-corrected chi connectivity index (χ1v) is 7.87. The van der Waals surface area contributed by atoms with Crippen molar-refractivity contribution in [3.8, 4) is 0 Å². The number of nitro groups is 1. The summed E-state index contributed by atoms with van der Waals surface area (Å²) in [6.45, 7) is 4.63. The van der Waals surface area contributed by atoms with Crippen LogP contribution in [0.15, 0.2) is 30.3 Å². The molecule has 1 aliphatic rings. The summed E-state index contributed by atoms with van der Waals surface area (Å²) in [5.41, 5.74) is 3.41. The number of hydrogen-bond donors (Lipinski definition) is 0. The maximum Gasteiger partial charge on any atom is 0.416 e. The molecule has 0 saturated carbocycles. The van der Waals surface area contributed by atoms with Crippen molar-refractivity contribution in [2.75, 3.05) is 11.4 Å². The summed E-state index contributed by atoms with van der Waals surface area (Å²) in [4.78, 5) is 12.9. The largest absolute Gasteiger partial charge is 0.416 e. The Balaban J connectivity index is 1.88. The number of nitro benzene ring substituents is 1. The minimum atomic E-state index is -4.34. The Bertz CT molecular complexity index is 830. The van der Waals surface area contributed by atoms with E-state index in [1.54, 1.807) is 19.9 Å². The topological polar surface area (TPSA) is 46.4 Å². The zero-order valence-electron chi connectivity index (χ0n) is 13.9. The van der Waals surface area contributed by atoms with Gasteiger partial charge in [-0.25, -0.2) is 0 Å². The highest BCUT2D eigenvalue weighted by atomic mass is 19.4. The zero-order valence-corrected chi connectivity index (χ0v) is 13.9. The Morgan fingerprint density at radius 1 is 1.20 bits per heavy atom. The van der Waals surface area contributed by atoms with Crippen LogP contribution in [0.3, 0.4) is 0 Å². The summed E-state index contributed by atoms with van der Waals surface area (Å²) in [6.07, 6.45) is -3.64. The average molecular weight is 350 g/mol. The van der Waals surface area contributed by atoms with Gasteiger partial charge in [0.15, 0.2) is 0 Å². The first kappa shape index (κ1) is 17.3. The molecule has 0 spiro atoms. The number of nitrogens with zero attached hydrogens (tertiary/aromatic N) is 2. The van der Waals surface area contributed by atoms with Crippen molar-refractivity contribution in [2.24, 2.45) is 0 Å². The molecule has 0 radical (unpaired) electrons. The first-order chi connectivity index (χ1) is 11.7. The molecule has 1 heterocycles. The van der Waals surface area contributed by atoms with Crippen molar-refractivity contribution in [2.45, 2.75) is 33.0 Å². The van der Waals surface area contributed by atoms with E-state index in [4.69, 9.17) is 0 Å². The lowest BCUT2D eigenvalue weighted by Crippen LogP contribution is -2.20. The predicted molar refractivity (Wildman–Crippen MR) is 88.8 cm³/mol. The van der Waals surface area contributed by atoms with Crippen molar-refractivity contribution in [1.29, 1.82) is 0 Å². The van der Waals surface area contributed by atoms with Gasteiger partial charge in [0.05, 0.1) is 10.5 Å². The number of rotatable bonds is 3. The van der Waals surface area contributed by atoms with E-state index in [9.17, 15) is 23.3 Å². The second kappa shape index (κ2) is 6.06. The molecular weight excluding hydrogens is 333 g/mol. The van der Waals surface area contributed by atoms with Crippen LogP contribution in [0, 0.1) is 24.0 Å². The summed E-state index contributed by atoms with van der Waals surface area (Å²) in [5, 5.41) is 11.2. The molecule has 25 heavy (non-hydrogen) atoms. The molecule has 7 heteroatoms. The van der Waals surface area contributed by atoms with Crippen LogP contribution in [0.25, 0.3) is 0 Å². The quantitative estimate of drug-likeness (QED) is 0.590. The van der Waals surface area contributed by atoms with Gasteiger partial charge in [0, 0.05) is 29.9 Å². The Labute approximate surface area is 143 Å². The summed E-state index contributed by atoms with van der Waals surface area (Å²) in [6, 6.07) is 6.92. The van der Waals surface area contributed by atoms with Crippen molar-refractivity contribution in [3.63, 3.8) is 0 Å². The van der Waals surface area contributed by atoms with E-state index >= 15 is 0 Å². The highest BCUT2D eigenvalue weighted by molar-refractivity contribution is 5.68. The zero-order chi connectivity index (χ0) is 18.4. The van der Waals surface area contributed by atoms with Gasteiger partial charge in [-0.1, -0.05) is 12.1 Å². The van der Waals surface area contributed by atoms with Crippen molar-refractivity contribution >= 4 is 11.4 Å². The lowest BCUT2D eigenvalue weighted by atomic mass is 10.0. The third-order valence-corrected chi connectivity index (χ3v) is 4.65. The molecule has 0 aliphatic carbocycles. The van der Waals surface area contributed by atoms with E-state index in [2.05, 4.69) is 4.90 Å². The molecule has 0 unspecified atom stereocenters. The van der Waals surface area contributed by atoms with Gasteiger partial charge in [-0.05, 0) is 49.6 Å². The van der Waals surface area contributed by atoms with Gasteiger partial charge in [0.1, 0.15) is 0 Å². The van der Waals surface area contributed by atoms with E-state index in [1.807, 2.05) is 0 Å². The molecule has 2 aromatic rings. The van der Waals surface area contributed by atoms with Crippen molar-refractivity contribution in [1.82, 2.24) is 0 Å². The maximum absolute atomic E-state index is 12.6. The molecule has 0 bridgehead atoms. The van der Waals surface area contributed by atoms with E-state index in [-0.39, 0.29) is 10.6 Å². The third kappa shape index (κ3) is 3.18. The van der Waals surface area contributed by atoms with Crippen LogP contribution in [0.1, 0.15) is 27.8 Å². The molecule has 3 rings (SSSR count). The molecule has 1 aliphatic heterocycles. The molecule has 2 aromatic carbocycles. The fourth-order valence-corrected chi connectivity index (χ4v) is 3.42. The lowest BCUT2D eigenvalue weighted by molar-refractivity contribution is -0.386. The second-order valence-electron chi connectivity index (χ2n) is 6.29. The number of hydrogen-bond acceptors (Lipinski definition) is 3. The Morgan fingerprint density at radius 2 is 1.84 bits per heavy atom. The third-order valence-electron chi connectivity index (χ3n) is 4.65. The van der Waals surface area contributed by atoms with Gasteiger partial charge in [-0.3, -0.25) is 10.1 Å². The van der Waals surface area contributed by atoms with Crippen molar-refractivity contribution in [3.05, 3.63) is 68.3 Å². The Hall–Kier alpha value is -2.57. The summed E-state index contributed by atoms with van der Waals surface area (Å²) < 4.78 is 37.9. The highest BCUT2D eigenvalue weighted by Gasteiger charge is 2.30. The van der Waals surface area contributed by atoms with Crippen molar-refractivity contribution < 1.29 is 18.1 Å². The fraction of sp³-hybridized carbons (Fsp3) is 0.333. The second-order valence-corrected chi connectivity index (χ2v) is 6.29. The molecule has 0 saturated heterocycles. The number of benzene rings is 2. The minimum Gasteiger partial charge on any atom is -0.367 e. The summed E-state index contributed by atoms with van der Waals surface area (Å²) >= 11 is 0. The van der Waals surface area contributed by atoms with E-state index in [0.29, 0.717) is 30.6 Å². The lowest BCUT2D eigenvalue weighted by Gasteiger charge is -2.21. The van der Waals surface area contributed by atoms with Gasteiger partial charge < -0.3 is 4.90 Å². The van der Waals surface area contributed by atoms with Crippen LogP contribution in [0.2, 0.25) is 0 Å². The van der Waals surface area contributed by atoms with E-state index in [0.717, 1.165) is 28.9 Å². The molecule has 4 nitrogen and oxygen atoms in total. The monoisotopic (exact) mass is 350 g/mol. The number of halogens is 3. The van der Waals surface area contributed by atoms with Crippen LogP contribution in [-0.4, -0.2) is 11.5 Å². The van der Waals surface area contributed by atoms with E-state index < -0.39 is 11.7 Å². The van der Waals surface area contributed by atoms with Gasteiger partial charge >= 0.3 is 6.18 Å². The van der Waals surface area contributed by atoms with E-state index in [1.165, 1.54) is 12.1 Å². The SMILES string of the molecule is Cc1cc2c(c(C)c1[N+](=O)[O-])CCN2Cc1ccc(C(F)(F)F)cc1. The molecule has 0 N–H and O–H groups in total. The summed E-state index contributed by atoms with van der Waals surface area (Å²) in [7, 11) is 0. The fourth-order valence-electron chi connectivity index (χ4n) is 3.42. The van der Waals surface area contributed by atoms with Crippen LogP contribution in [-0.2, 0) is 19.1 Å². The number of aryl methyl sites for hydroxylation is 1. The van der Waals surface area contributed by atoms with Crippen LogP contribution >= 0.6 is 0 Å². The van der Waals surface area contributed by atoms with Gasteiger partial charge in [-0.15, -0.1) is 0 Å². The number of fused-ring (bicyclic) bond motifs is 1. The Morgan fingerprint density at radius 3 is 2.40 bits per heavy atom. The highest BCUT2D eigenvalue weighted by Crippen LogP contribution is 2.38. The smallest absolute Gasteiger partial charge is 0.367 e. The minimum absolute atomic E-state index is 0.148. The molecule has 0 atom stereocenters. The standard InChI is InChI=1S/C18H17F3N2O2/c1-11-9-16-15(12(2)17(11)23(24)25)7-8-22(16)10-13-3-5-14(6-4-13)18(19,20)21/h3-6,9H,7-8,10H2,1-2H3. The Kier molecular flexibility index (Phi) is 4.18.